The molecule has 5 heteroatoms. The van der Waals surface area contributed by atoms with Crippen molar-refractivity contribution in [2.45, 2.75) is 38.0 Å². The Balaban J connectivity index is 1.46. The van der Waals surface area contributed by atoms with Crippen molar-refractivity contribution in [1.82, 2.24) is 14.7 Å². The van der Waals surface area contributed by atoms with E-state index in [0.29, 0.717) is 11.8 Å². The van der Waals surface area contributed by atoms with Gasteiger partial charge in [-0.15, -0.1) is 0 Å². The first-order chi connectivity index (χ1) is 12.5. The summed E-state index contributed by atoms with van der Waals surface area (Å²) in [6.45, 7) is 3.76. The number of hydrogen-bond acceptors (Lipinski definition) is 3. The smallest absolute Gasteiger partial charge is 0.233 e. The first-order valence-corrected chi connectivity index (χ1v) is 9.44. The average molecular weight is 353 g/mol. The van der Waals surface area contributed by atoms with E-state index in [2.05, 4.69) is 34.4 Å². The van der Waals surface area contributed by atoms with Crippen LogP contribution in [0, 0.1) is 12.8 Å². The van der Waals surface area contributed by atoms with E-state index in [0.717, 1.165) is 55.6 Å². The van der Waals surface area contributed by atoms with Gasteiger partial charge in [0.15, 0.2) is 0 Å². The lowest BCUT2D eigenvalue weighted by Crippen LogP contribution is -2.38. The van der Waals surface area contributed by atoms with Gasteiger partial charge in [-0.1, -0.05) is 12.1 Å². The van der Waals surface area contributed by atoms with Crippen LogP contribution in [0.5, 0.6) is 5.75 Å². The number of ether oxygens (including phenoxy) is 1. The highest BCUT2D eigenvalue weighted by atomic mass is 16.5. The molecule has 1 saturated carbocycles. The lowest BCUT2D eigenvalue weighted by Gasteiger charge is -2.24. The number of benzene rings is 1. The summed E-state index contributed by atoms with van der Waals surface area (Å²) in [6.07, 6.45) is 7.98. The summed E-state index contributed by atoms with van der Waals surface area (Å²) in [6, 6.07) is 6.23. The van der Waals surface area contributed by atoms with E-state index in [1.807, 2.05) is 24.9 Å². The van der Waals surface area contributed by atoms with Crippen LogP contribution in [0.15, 0.2) is 30.6 Å². The van der Waals surface area contributed by atoms with E-state index in [-0.39, 0.29) is 5.41 Å². The number of hydrogen-bond donors (Lipinski definition) is 0. The molecule has 1 aromatic heterocycles. The first kappa shape index (κ1) is 17.1. The zero-order chi connectivity index (χ0) is 18.3. The van der Waals surface area contributed by atoms with Crippen LogP contribution in [-0.2, 0) is 23.7 Å². The second-order valence-electron chi connectivity index (χ2n) is 7.90. The van der Waals surface area contributed by atoms with Crippen molar-refractivity contribution in [2.24, 2.45) is 13.0 Å². The summed E-state index contributed by atoms with van der Waals surface area (Å²) in [7, 11) is 3.64. The van der Waals surface area contributed by atoms with Crippen LogP contribution in [0.3, 0.4) is 0 Å². The molecule has 1 unspecified atom stereocenters. The third-order valence-corrected chi connectivity index (χ3v) is 5.98. The highest BCUT2D eigenvalue weighted by molar-refractivity contribution is 5.91. The van der Waals surface area contributed by atoms with E-state index in [4.69, 9.17) is 4.74 Å². The van der Waals surface area contributed by atoms with Gasteiger partial charge >= 0.3 is 0 Å². The Bertz CT molecular complexity index is 822. The summed E-state index contributed by atoms with van der Waals surface area (Å²) in [5.74, 6) is 1.71. The molecule has 1 aliphatic carbocycles. The molecule has 1 aromatic carbocycles. The molecule has 0 spiro atoms. The van der Waals surface area contributed by atoms with Crippen molar-refractivity contribution < 1.29 is 9.53 Å². The topological polar surface area (TPSA) is 47.4 Å². The maximum atomic E-state index is 13.3. The van der Waals surface area contributed by atoms with Gasteiger partial charge in [0, 0.05) is 26.3 Å². The van der Waals surface area contributed by atoms with Gasteiger partial charge in [0.2, 0.25) is 5.91 Å². The van der Waals surface area contributed by atoms with Gasteiger partial charge in [-0.05, 0) is 61.3 Å². The number of aromatic nitrogens is 2. The Labute approximate surface area is 154 Å². The summed E-state index contributed by atoms with van der Waals surface area (Å²) >= 11 is 0. The standard InChI is InChI=1S/C21H27N3O2/c1-15-4-5-18(11-19(15)26-3)21(7-8-21)20(25)24-9-6-16(14-24)10-17-12-22-23(2)13-17/h4-5,11-13,16H,6-10,14H2,1-3H3. The predicted octanol–water partition coefficient (Wildman–Crippen LogP) is 2.86. The number of methoxy groups -OCH3 is 1. The zero-order valence-corrected chi connectivity index (χ0v) is 15.9. The van der Waals surface area contributed by atoms with Crippen LogP contribution < -0.4 is 4.74 Å². The van der Waals surface area contributed by atoms with Crippen molar-refractivity contribution in [3.8, 4) is 5.75 Å². The highest BCUT2D eigenvalue weighted by Gasteiger charge is 2.53. The van der Waals surface area contributed by atoms with Gasteiger partial charge in [0.1, 0.15) is 5.75 Å². The normalized spacial score (nSPS) is 21.0. The van der Waals surface area contributed by atoms with Crippen molar-refractivity contribution in [3.63, 3.8) is 0 Å². The van der Waals surface area contributed by atoms with Crippen molar-refractivity contribution in [1.29, 1.82) is 0 Å². The maximum Gasteiger partial charge on any atom is 0.233 e. The number of nitrogens with zero attached hydrogens (tertiary/aromatic N) is 3. The highest BCUT2D eigenvalue weighted by Crippen LogP contribution is 2.51. The third-order valence-electron chi connectivity index (χ3n) is 5.98. The predicted molar refractivity (Wildman–Crippen MR) is 100 cm³/mol. The molecule has 0 bridgehead atoms. The fourth-order valence-electron chi connectivity index (χ4n) is 4.27. The molecule has 1 amide bonds. The lowest BCUT2D eigenvalue weighted by atomic mass is 9.93. The number of amides is 1. The van der Waals surface area contributed by atoms with E-state index in [9.17, 15) is 4.79 Å². The largest absolute Gasteiger partial charge is 0.496 e. The number of likely N-dealkylation sites (tertiary alicyclic amines) is 1. The van der Waals surface area contributed by atoms with E-state index in [1.165, 1.54) is 5.56 Å². The van der Waals surface area contributed by atoms with Crippen LogP contribution in [0.1, 0.15) is 36.0 Å². The molecular weight excluding hydrogens is 326 g/mol. The van der Waals surface area contributed by atoms with Gasteiger partial charge in [-0.2, -0.15) is 5.10 Å². The Morgan fingerprint density at radius 1 is 1.38 bits per heavy atom. The average Bonchev–Trinajstić information content (AvgIpc) is 3.14. The van der Waals surface area contributed by atoms with Crippen molar-refractivity contribution in [2.75, 3.05) is 20.2 Å². The van der Waals surface area contributed by atoms with E-state index >= 15 is 0 Å². The van der Waals surface area contributed by atoms with Crippen LogP contribution in [0.25, 0.3) is 0 Å². The number of rotatable bonds is 5. The number of carbonyl (C=O) groups is 1. The Kier molecular flexibility index (Phi) is 4.25. The summed E-state index contributed by atoms with van der Waals surface area (Å²) in [5, 5.41) is 4.25. The van der Waals surface area contributed by atoms with Gasteiger partial charge in [0.25, 0.3) is 0 Å². The molecule has 2 aliphatic rings. The van der Waals surface area contributed by atoms with Gasteiger partial charge in [-0.25, -0.2) is 0 Å². The van der Waals surface area contributed by atoms with Gasteiger partial charge in [-0.3, -0.25) is 9.48 Å². The molecule has 1 aliphatic heterocycles. The summed E-state index contributed by atoms with van der Waals surface area (Å²) < 4.78 is 7.31. The molecule has 2 aromatic rings. The minimum Gasteiger partial charge on any atom is -0.496 e. The second-order valence-corrected chi connectivity index (χ2v) is 7.90. The molecule has 138 valence electrons. The second kappa shape index (κ2) is 6.45. The number of carbonyl (C=O) groups excluding carboxylic acids is 1. The molecule has 0 radical (unpaired) electrons. The van der Waals surface area contributed by atoms with Crippen LogP contribution >= 0.6 is 0 Å². The maximum absolute atomic E-state index is 13.3. The van der Waals surface area contributed by atoms with E-state index < -0.39 is 0 Å². The van der Waals surface area contributed by atoms with Crippen molar-refractivity contribution in [3.05, 3.63) is 47.3 Å². The third kappa shape index (κ3) is 3.00. The Morgan fingerprint density at radius 2 is 2.19 bits per heavy atom. The summed E-state index contributed by atoms with van der Waals surface area (Å²) in [4.78, 5) is 15.4. The zero-order valence-electron chi connectivity index (χ0n) is 15.9. The molecule has 1 saturated heterocycles. The number of aryl methyl sites for hydroxylation is 2. The molecule has 5 nitrogen and oxygen atoms in total. The van der Waals surface area contributed by atoms with Gasteiger partial charge in [0.05, 0.1) is 18.7 Å². The van der Waals surface area contributed by atoms with Gasteiger partial charge < -0.3 is 9.64 Å². The van der Waals surface area contributed by atoms with Crippen molar-refractivity contribution >= 4 is 5.91 Å². The monoisotopic (exact) mass is 353 g/mol. The molecular formula is C21H27N3O2. The minimum absolute atomic E-state index is 0.303. The Morgan fingerprint density at radius 3 is 2.85 bits per heavy atom. The molecule has 4 rings (SSSR count). The summed E-state index contributed by atoms with van der Waals surface area (Å²) in [5.41, 5.74) is 3.17. The van der Waals surface area contributed by atoms with Crippen LogP contribution in [0.2, 0.25) is 0 Å². The molecule has 2 fully saturated rings. The Hall–Kier alpha value is -2.30. The quantitative estimate of drug-likeness (QED) is 0.830. The molecule has 0 N–H and O–H groups in total. The molecule has 26 heavy (non-hydrogen) atoms. The lowest BCUT2D eigenvalue weighted by molar-refractivity contribution is -0.133. The van der Waals surface area contributed by atoms with Crippen LogP contribution in [0.4, 0.5) is 0 Å². The SMILES string of the molecule is COc1cc(C2(C(=O)N3CCC(Cc4cnn(C)c4)C3)CC2)ccc1C. The van der Waals surface area contributed by atoms with Crippen LogP contribution in [-0.4, -0.2) is 40.8 Å². The molecule has 1 atom stereocenters. The fraction of sp³-hybridized carbons (Fsp3) is 0.524. The fourth-order valence-corrected chi connectivity index (χ4v) is 4.27. The minimum atomic E-state index is -0.315. The molecule has 2 heterocycles. The van der Waals surface area contributed by atoms with E-state index in [1.54, 1.807) is 7.11 Å². The first-order valence-electron chi connectivity index (χ1n) is 9.44.